The van der Waals surface area contributed by atoms with Crippen LogP contribution in [0.2, 0.25) is 0 Å². The number of hydrogen-bond donors (Lipinski definition) is 1. The second kappa shape index (κ2) is 6.29. The summed E-state index contributed by atoms with van der Waals surface area (Å²) in [4.78, 5) is 14.5. The zero-order valence-electron chi connectivity index (χ0n) is 11.8. The number of carbonyl (C=O) groups excluding carboxylic acids is 1. The third-order valence-corrected chi connectivity index (χ3v) is 5.26. The Balaban J connectivity index is 1.92. The average Bonchev–Trinajstić information content (AvgIpc) is 2.70. The predicted molar refractivity (Wildman–Crippen MR) is 77.7 cm³/mol. The van der Waals surface area contributed by atoms with Gasteiger partial charge in [0.15, 0.2) is 0 Å². The lowest BCUT2D eigenvalue weighted by Gasteiger charge is -2.34. The summed E-state index contributed by atoms with van der Waals surface area (Å²) in [6.07, 6.45) is 8.13. The van der Waals surface area contributed by atoms with Crippen LogP contribution < -0.4 is 5.32 Å². The third kappa shape index (κ3) is 3.21. The molecule has 0 aromatic heterocycles. The van der Waals surface area contributed by atoms with Gasteiger partial charge in [0.05, 0.1) is 12.7 Å². The van der Waals surface area contributed by atoms with Crippen LogP contribution in [0.1, 0.15) is 46.0 Å². The lowest BCUT2D eigenvalue weighted by molar-refractivity contribution is -0.131. The number of rotatable bonds is 4. The number of hydrogen-bond acceptors (Lipinski definition) is 3. The number of carbonyl (C=O) groups is 1. The van der Waals surface area contributed by atoms with Gasteiger partial charge in [0.2, 0.25) is 5.91 Å². The molecule has 3 unspecified atom stereocenters. The van der Waals surface area contributed by atoms with Gasteiger partial charge in [-0.3, -0.25) is 10.1 Å². The normalized spacial score (nSPS) is 33.4. The Kier molecular flexibility index (Phi) is 4.96. The van der Waals surface area contributed by atoms with E-state index in [1.165, 1.54) is 25.7 Å². The molecule has 1 N–H and O–H groups in total. The maximum atomic E-state index is 12.4. The molecule has 1 heterocycles. The fourth-order valence-corrected chi connectivity index (χ4v) is 3.97. The maximum absolute atomic E-state index is 12.4. The summed E-state index contributed by atoms with van der Waals surface area (Å²) < 4.78 is 0. The van der Waals surface area contributed by atoms with Crippen molar-refractivity contribution >= 4 is 17.7 Å². The van der Waals surface area contributed by atoms with Crippen molar-refractivity contribution in [3.05, 3.63) is 0 Å². The molecule has 1 saturated carbocycles. The summed E-state index contributed by atoms with van der Waals surface area (Å²) in [6, 6.07) is 0.549. The first-order valence-corrected chi connectivity index (χ1v) is 8.47. The molecule has 0 bridgehead atoms. The molecule has 1 amide bonds. The summed E-state index contributed by atoms with van der Waals surface area (Å²) in [5.74, 6) is 0.923. The van der Waals surface area contributed by atoms with Gasteiger partial charge in [0, 0.05) is 11.3 Å². The van der Waals surface area contributed by atoms with Crippen molar-refractivity contribution in [1.29, 1.82) is 0 Å². The second-order valence-electron chi connectivity index (χ2n) is 6.03. The van der Waals surface area contributed by atoms with Crippen molar-refractivity contribution in [3.8, 4) is 0 Å². The lowest BCUT2D eigenvalue weighted by atomic mass is 9.93. The third-order valence-electron chi connectivity index (χ3n) is 4.17. The smallest absolute Gasteiger partial charge is 0.241 e. The Morgan fingerprint density at radius 2 is 2.22 bits per heavy atom. The van der Waals surface area contributed by atoms with Gasteiger partial charge in [-0.2, -0.15) is 11.8 Å². The first-order valence-electron chi connectivity index (χ1n) is 7.18. The zero-order chi connectivity index (χ0) is 13.1. The Morgan fingerprint density at radius 3 is 2.89 bits per heavy atom. The number of nitrogens with one attached hydrogen (secondary N) is 1. The highest BCUT2D eigenvalue weighted by atomic mass is 32.2. The van der Waals surface area contributed by atoms with Crippen molar-refractivity contribution < 1.29 is 4.79 Å². The second-order valence-corrected chi connectivity index (χ2v) is 7.17. The van der Waals surface area contributed by atoms with Crippen LogP contribution in [0.5, 0.6) is 0 Å². The summed E-state index contributed by atoms with van der Waals surface area (Å²) in [6.45, 7) is 5.13. The van der Waals surface area contributed by atoms with Gasteiger partial charge in [-0.25, -0.2) is 0 Å². The standard InChI is InChI=1S/C14H26N2OS/c1-10(2)7-13-14(17)16(9-15-13)11-5-4-6-12(8-11)18-3/h10-13,15H,4-9H2,1-3H3. The SMILES string of the molecule is CSC1CCCC(N2CNC(CC(C)C)C2=O)C1. The first kappa shape index (κ1) is 14.2. The molecule has 1 saturated heterocycles. The lowest BCUT2D eigenvalue weighted by Crippen LogP contribution is -2.42. The van der Waals surface area contributed by atoms with Crippen LogP contribution in [-0.2, 0) is 4.79 Å². The number of nitrogens with zero attached hydrogens (tertiary/aromatic N) is 1. The molecular weight excluding hydrogens is 244 g/mol. The maximum Gasteiger partial charge on any atom is 0.241 e. The van der Waals surface area contributed by atoms with Crippen molar-refractivity contribution in [2.24, 2.45) is 5.92 Å². The Hall–Kier alpha value is -0.220. The van der Waals surface area contributed by atoms with Gasteiger partial charge in [-0.1, -0.05) is 20.3 Å². The molecule has 104 valence electrons. The van der Waals surface area contributed by atoms with Gasteiger partial charge in [0.25, 0.3) is 0 Å². The highest BCUT2D eigenvalue weighted by Crippen LogP contribution is 2.31. The van der Waals surface area contributed by atoms with E-state index in [-0.39, 0.29) is 6.04 Å². The van der Waals surface area contributed by atoms with Gasteiger partial charge in [0.1, 0.15) is 0 Å². The molecule has 0 spiro atoms. The molecule has 4 heteroatoms. The van der Waals surface area contributed by atoms with Gasteiger partial charge < -0.3 is 4.90 Å². The molecule has 1 aliphatic heterocycles. The topological polar surface area (TPSA) is 32.3 Å². The van der Waals surface area contributed by atoms with E-state index in [2.05, 4.69) is 30.3 Å². The van der Waals surface area contributed by atoms with Crippen LogP contribution in [0, 0.1) is 5.92 Å². The van der Waals surface area contributed by atoms with Gasteiger partial charge in [-0.05, 0) is 37.9 Å². The average molecular weight is 270 g/mol. The molecule has 2 fully saturated rings. The van der Waals surface area contributed by atoms with Crippen LogP contribution in [0.15, 0.2) is 0 Å². The zero-order valence-corrected chi connectivity index (χ0v) is 12.6. The van der Waals surface area contributed by atoms with Crippen LogP contribution in [0.3, 0.4) is 0 Å². The summed E-state index contributed by atoms with van der Waals surface area (Å²) in [5.41, 5.74) is 0. The number of thioether (sulfide) groups is 1. The van der Waals surface area contributed by atoms with E-state index < -0.39 is 0 Å². The Morgan fingerprint density at radius 1 is 1.44 bits per heavy atom. The molecule has 0 aromatic carbocycles. The molecule has 2 rings (SSSR count). The first-order chi connectivity index (χ1) is 8.61. The van der Waals surface area contributed by atoms with E-state index in [0.29, 0.717) is 17.9 Å². The summed E-state index contributed by atoms with van der Waals surface area (Å²) in [5, 5.41) is 4.14. The van der Waals surface area contributed by atoms with Crippen molar-refractivity contribution in [2.45, 2.75) is 63.3 Å². The van der Waals surface area contributed by atoms with Crippen molar-refractivity contribution in [1.82, 2.24) is 10.2 Å². The van der Waals surface area contributed by atoms with Crippen molar-refractivity contribution in [2.75, 3.05) is 12.9 Å². The monoisotopic (exact) mass is 270 g/mol. The van der Waals surface area contributed by atoms with E-state index in [1.54, 1.807) is 0 Å². The van der Waals surface area contributed by atoms with E-state index in [9.17, 15) is 4.79 Å². The molecule has 0 aromatic rings. The fourth-order valence-electron chi connectivity index (χ4n) is 3.16. The van der Waals surface area contributed by atoms with Gasteiger partial charge >= 0.3 is 0 Å². The largest absolute Gasteiger partial charge is 0.326 e. The molecule has 1 aliphatic carbocycles. The van der Waals surface area contributed by atoms with Crippen LogP contribution in [-0.4, -0.2) is 41.1 Å². The van der Waals surface area contributed by atoms with E-state index in [1.807, 2.05) is 11.8 Å². The van der Waals surface area contributed by atoms with E-state index >= 15 is 0 Å². The quantitative estimate of drug-likeness (QED) is 0.852. The predicted octanol–water partition coefficient (Wildman–Crippen LogP) is 2.46. The highest BCUT2D eigenvalue weighted by Gasteiger charge is 2.37. The van der Waals surface area contributed by atoms with Gasteiger partial charge in [-0.15, -0.1) is 0 Å². The fraction of sp³-hybridized carbons (Fsp3) is 0.929. The summed E-state index contributed by atoms with van der Waals surface area (Å²) in [7, 11) is 0. The van der Waals surface area contributed by atoms with Crippen LogP contribution in [0.25, 0.3) is 0 Å². The van der Waals surface area contributed by atoms with Crippen molar-refractivity contribution in [3.63, 3.8) is 0 Å². The minimum Gasteiger partial charge on any atom is -0.326 e. The molecular formula is C14H26N2OS. The molecule has 18 heavy (non-hydrogen) atoms. The Bertz CT molecular complexity index is 296. The molecule has 0 radical (unpaired) electrons. The molecule has 3 atom stereocenters. The van der Waals surface area contributed by atoms with Crippen LogP contribution in [0.4, 0.5) is 0 Å². The minimum atomic E-state index is 0.0691. The van der Waals surface area contributed by atoms with Crippen LogP contribution >= 0.6 is 11.8 Å². The summed E-state index contributed by atoms with van der Waals surface area (Å²) >= 11 is 1.96. The molecule has 3 nitrogen and oxygen atoms in total. The number of amides is 1. The Labute approximate surface area is 115 Å². The minimum absolute atomic E-state index is 0.0691. The van der Waals surface area contributed by atoms with E-state index in [0.717, 1.165) is 18.3 Å². The highest BCUT2D eigenvalue weighted by molar-refractivity contribution is 7.99. The molecule has 2 aliphatic rings. The van der Waals surface area contributed by atoms with E-state index in [4.69, 9.17) is 0 Å².